The summed E-state index contributed by atoms with van der Waals surface area (Å²) in [6.45, 7) is -0.0636. The maximum Gasteiger partial charge on any atom is 0.123 e. The van der Waals surface area contributed by atoms with Gasteiger partial charge in [-0.1, -0.05) is 12.1 Å². The van der Waals surface area contributed by atoms with Crippen LogP contribution in [0.4, 0.5) is 0 Å². The summed E-state index contributed by atoms with van der Waals surface area (Å²) in [5.41, 5.74) is 2.64. The van der Waals surface area contributed by atoms with Crippen molar-refractivity contribution in [1.82, 2.24) is 0 Å². The van der Waals surface area contributed by atoms with Crippen LogP contribution in [-0.4, -0.2) is 33.0 Å². The Morgan fingerprint density at radius 2 is 1.41 bits per heavy atom. The molecule has 0 atom stereocenters. The van der Waals surface area contributed by atoms with Crippen LogP contribution < -0.4 is 14.2 Å². The molecule has 116 valence electrons. The molecule has 1 N–H and O–H groups in total. The molecular weight excluding hydrogens is 280 g/mol. The smallest absolute Gasteiger partial charge is 0.123 e. The first-order chi connectivity index (χ1) is 10.7. The largest absolute Gasteiger partial charge is 0.497 e. The fourth-order valence-corrected chi connectivity index (χ4v) is 2.14. The highest BCUT2D eigenvalue weighted by molar-refractivity contribution is 5.82. The lowest BCUT2D eigenvalue weighted by atomic mass is 10.0. The van der Waals surface area contributed by atoms with Gasteiger partial charge in [-0.25, -0.2) is 0 Å². The van der Waals surface area contributed by atoms with Gasteiger partial charge in [0.05, 0.1) is 27.9 Å². The maximum absolute atomic E-state index is 9.66. The van der Waals surface area contributed by atoms with Gasteiger partial charge in [0.1, 0.15) is 17.2 Å². The molecule has 2 aromatic carbocycles. The van der Waals surface area contributed by atoms with Gasteiger partial charge in [0.25, 0.3) is 0 Å². The van der Waals surface area contributed by atoms with Crippen LogP contribution in [0.15, 0.2) is 42.5 Å². The van der Waals surface area contributed by atoms with Gasteiger partial charge in [-0.05, 0) is 47.0 Å². The second-order valence-corrected chi connectivity index (χ2v) is 4.70. The van der Waals surface area contributed by atoms with Gasteiger partial charge in [-0.3, -0.25) is 0 Å². The van der Waals surface area contributed by atoms with Crippen molar-refractivity contribution >= 4 is 11.6 Å². The van der Waals surface area contributed by atoms with Crippen molar-refractivity contribution in [3.05, 3.63) is 53.6 Å². The van der Waals surface area contributed by atoms with Gasteiger partial charge < -0.3 is 19.3 Å². The Morgan fingerprint density at radius 3 is 1.86 bits per heavy atom. The molecule has 4 heteroatoms. The molecule has 0 saturated heterocycles. The molecule has 0 fully saturated rings. The normalized spacial score (nSPS) is 11.2. The second kappa shape index (κ2) is 7.52. The van der Waals surface area contributed by atoms with Gasteiger partial charge >= 0.3 is 0 Å². The van der Waals surface area contributed by atoms with Crippen molar-refractivity contribution in [1.29, 1.82) is 0 Å². The van der Waals surface area contributed by atoms with E-state index in [0.29, 0.717) is 11.5 Å². The highest BCUT2D eigenvalue weighted by Gasteiger charge is 2.04. The number of hydrogen-bond donors (Lipinski definition) is 1. The molecule has 2 rings (SSSR count). The van der Waals surface area contributed by atoms with Gasteiger partial charge in [0, 0.05) is 6.07 Å². The van der Waals surface area contributed by atoms with Crippen molar-refractivity contribution in [2.24, 2.45) is 0 Å². The van der Waals surface area contributed by atoms with Crippen molar-refractivity contribution in [2.45, 2.75) is 0 Å². The zero-order valence-electron chi connectivity index (χ0n) is 13.0. The fourth-order valence-electron chi connectivity index (χ4n) is 2.14. The summed E-state index contributed by atoms with van der Waals surface area (Å²) in [5.74, 6) is 2.19. The molecule has 0 heterocycles. The fraction of sp³-hybridized carbons (Fsp3) is 0.222. The van der Waals surface area contributed by atoms with Crippen molar-refractivity contribution in [3.63, 3.8) is 0 Å². The van der Waals surface area contributed by atoms with Crippen LogP contribution >= 0.6 is 0 Å². The molecule has 0 amide bonds. The molecule has 0 aliphatic heterocycles. The molecule has 0 spiro atoms. The van der Waals surface area contributed by atoms with Gasteiger partial charge in [0.2, 0.25) is 0 Å². The molecule has 0 aliphatic rings. The third-order valence-corrected chi connectivity index (χ3v) is 3.35. The Labute approximate surface area is 130 Å². The number of aliphatic hydroxyl groups is 1. The third-order valence-electron chi connectivity index (χ3n) is 3.35. The average molecular weight is 300 g/mol. The summed E-state index contributed by atoms with van der Waals surface area (Å²) >= 11 is 0. The number of methoxy groups -OCH3 is 3. The lowest BCUT2D eigenvalue weighted by Crippen LogP contribution is -1.93. The van der Waals surface area contributed by atoms with Crippen LogP contribution in [0.3, 0.4) is 0 Å². The number of benzene rings is 2. The number of aliphatic hydroxyl groups excluding tert-OH is 1. The number of rotatable bonds is 6. The zero-order valence-corrected chi connectivity index (χ0v) is 13.0. The molecule has 0 aromatic heterocycles. The van der Waals surface area contributed by atoms with E-state index >= 15 is 0 Å². The van der Waals surface area contributed by atoms with E-state index in [2.05, 4.69) is 0 Å². The van der Waals surface area contributed by atoms with E-state index in [0.717, 1.165) is 22.4 Å². The van der Waals surface area contributed by atoms with E-state index < -0.39 is 0 Å². The topological polar surface area (TPSA) is 47.9 Å². The molecular formula is C18H20O4. The van der Waals surface area contributed by atoms with E-state index in [9.17, 15) is 5.11 Å². The van der Waals surface area contributed by atoms with E-state index in [1.165, 1.54) is 0 Å². The summed E-state index contributed by atoms with van der Waals surface area (Å²) in [6.07, 6.45) is 1.91. The first kappa shape index (κ1) is 15.9. The van der Waals surface area contributed by atoms with Crippen LogP contribution in [-0.2, 0) is 0 Å². The van der Waals surface area contributed by atoms with Crippen LogP contribution in [0, 0.1) is 0 Å². The molecule has 0 bridgehead atoms. The average Bonchev–Trinajstić information content (AvgIpc) is 2.59. The third kappa shape index (κ3) is 3.80. The Morgan fingerprint density at radius 1 is 0.864 bits per heavy atom. The zero-order chi connectivity index (χ0) is 15.9. The summed E-state index contributed by atoms with van der Waals surface area (Å²) in [5, 5.41) is 9.66. The van der Waals surface area contributed by atoms with E-state index in [1.54, 1.807) is 21.3 Å². The predicted molar refractivity (Wildman–Crippen MR) is 87.5 cm³/mol. The number of ether oxygens (including phenoxy) is 3. The summed E-state index contributed by atoms with van der Waals surface area (Å²) in [7, 11) is 4.84. The minimum atomic E-state index is -0.0636. The first-order valence-corrected chi connectivity index (χ1v) is 6.89. The SMILES string of the molecule is COc1ccc(/C(=C/c2cc(OC)cc(OC)c2)CO)cc1. The molecule has 0 aliphatic carbocycles. The monoisotopic (exact) mass is 300 g/mol. The van der Waals surface area contributed by atoms with E-state index in [-0.39, 0.29) is 6.61 Å². The highest BCUT2D eigenvalue weighted by Crippen LogP contribution is 2.26. The van der Waals surface area contributed by atoms with Gasteiger partial charge in [-0.2, -0.15) is 0 Å². The first-order valence-electron chi connectivity index (χ1n) is 6.89. The van der Waals surface area contributed by atoms with Crippen molar-refractivity contribution in [2.75, 3.05) is 27.9 Å². The molecule has 22 heavy (non-hydrogen) atoms. The Hall–Kier alpha value is -2.46. The van der Waals surface area contributed by atoms with Crippen LogP contribution in [0.5, 0.6) is 17.2 Å². The molecule has 4 nitrogen and oxygen atoms in total. The second-order valence-electron chi connectivity index (χ2n) is 4.70. The predicted octanol–water partition coefficient (Wildman–Crippen LogP) is 3.25. The van der Waals surface area contributed by atoms with Crippen molar-refractivity contribution < 1.29 is 19.3 Å². The Bertz CT molecular complexity index is 622. The van der Waals surface area contributed by atoms with Crippen LogP contribution in [0.1, 0.15) is 11.1 Å². The summed E-state index contributed by atoms with van der Waals surface area (Å²) in [6, 6.07) is 13.2. The van der Waals surface area contributed by atoms with Crippen molar-refractivity contribution in [3.8, 4) is 17.2 Å². The van der Waals surface area contributed by atoms with Gasteiger partial charge in [0.15, 0.2) is 0 Å². The molecule has 0 radical (unpaired) electrons. The van der Waals surface area contributed by atoms with Crippen LogP contribution in [0.25, 0.3) is 11.6 Å². The lowest BCUT2D eigenvalue weighted by Gasteiger charge is -2.09. The van der Waals surface area contributed by atoms with E-state index in [1.807, 2.05) is 48.5 Å². The minimum absolute atomic E-state index is 0.0636. The maximum atomic E-state index is 9.66. The minimum Gasteiger partial charge on any atom is -0.497 e. The molecule has 0 unspecified atom stereocenters. The molecule has 2 aromatic rings. The Balaban J connectivity index is 2.38. The Kier molecular flexibility index (Phi) is 5.44. The van der Waals surface area contributed by atoms with Gasteiger partial charge in [-0.15, -0.1) is 0 Å². The highest BCUT2D eigenvalue weighted by atomic mass is 16.5. The summed E-state index contributed by atoms with van der Waals surface area (Å²) < 4.78 is 15.7. The van der Waals surface area contributed by atoms with E-state index in [4.69, 9.17) is 14.2 Å². The lowest BCUT2D eigenvalue weighted by molar-refractivity contribution is 0.350. The summed E-state index contributed by atoms with van der Waals surface area (Å²) in [4.78, 5) is 0. The standard InChI is InChI=1S/C18H20O4/c1-20-16-6-4-14(5-7-16)15(12-19)8-13-9-17(21-2)11-18(10-13)22-3/h4-11,19H,12H2,1-3H3/b15-8+. The van der Waals surface area contributed by atoms with Crippen LogP contribution in [0.2, 0.25) is 0 Å². The quantitative estimate of drug-likeness (QED) is 0.832. The number of hydrogen-bond acceptors (Lipinski definition) is 4. The molecule has 0 saturated carbocycles.